The van der Waals surface area contributed by atoms with Gasteiger partial charge in [0.15, 0.2) is 0 Å². The minimum absolute atomic E-state index is 0.00581. The molecule has 2 aliphatic rings. The van der Waals surface area contributed by atoms with E-state index in [0.717, 1.165) is 42.4 Å². The number of hydrogen-bond acceptors (Lipinski definition) is 4. The van der Waals surface area contributed by atoms with E-state index in [0.29, 0.717) is 16.2 Å². The number of imide groups is 1. The highest BCUT2D eigenvalue weighted by molar-refractivity contribution is 8.04. The Morgan fingerprint density at radius 2 is 1.73 bits per heavy atom. The van der Waals surface area contributed by atoms with E-state index in [9.17, 15) is 14.7 Å². The van der Waals surface area contributed by atoms with Gasteiger partial charge in [0, 0.05) is 11.8 Å². The molecule has 0 saturated heterocycles. The van der Waals surface area contributed by atoms with Crippen molar-refractivity contribution in [1.29, 1.82) is 0 Å². The lowest BCUT2D eigenvalue weighted by Crippen LogP contribution is -2.40. The number of thioether (sulfide) groups is 1. The van der Waals surface area contributed by atoms with Gasteiger partial charge in [0.1, 0.15) is 0 Å². The molecule has 3 rings (SSSR count). The van der Waals surface area contributed by atoms with Crippen LogP contribution in [-0.4, -0.2) is 40.2 Å². The molecule has 1 aliphatic heterocycles. The van der Waals surface area contributed by atoms with Crippen LogP contribution in [0.15, 0.2) is 23.1 Å². The first kappa shape index (κ1) is 19.2. The molecule has 0 aromatic heterocycles. The average Bonchev–Trinajstić information content (AvgIpc) is 2.80. The molecular formula is C21H27NO3S. The Hall–Kier alpha value is -1.59. The van der Waals surface area contributed by atoms with Crippen LogP contribution < -0.4 is 0 Å². The summed E-state index contributed by atoms with van der Waals surface area (Å²) in [6.45, 7) is 4.04. The molecule has 1 heterocycles. The molecule has 0 spiro atoms. The van der Waals surface area contributed by atoms with E-state index in [4.69, 9.17) is 0 Å². The highest BCUT2D eigenvalue weighted by atomic mass is 32.2. The highest BCUT2D eigenvalue weighted by Crippen LogP contribution is 2.39. The lowest BCUT2D eigenvalue weighted by Gasteiger charge is -2.25. The fourth-order valence-electron chi connectivity index (χ4n) is 3.81. The third kappa shape index (κ3) is 3.74. The number of amides is 2. The van der Waals surface area contributed by atoms with Crippen LogP contribution in [0.2, 0.25) is 0 Å². The van der Waals surface area contributed by atoms with Crippen molar-refractivity contribution in [2.24, 2.45) is 0 Å². The molecule has 0 atom stereocenters. The maximum atomic E-state index is 13.3. The van der Waals surface area contributed by atoms with Crippen molar-refractivity contribution < 1.29 is 14.7 Å². The molecule has 1 saturated carbocycles. The largest absolute Gasteiger partial charge is 0.396 e. The Kier molecular flexibility index (Phi) is 6.20. The summed E-state index contributed by atoms with van der Waals surface area (Å²) in [6, 6.07) is 5.93. The maximum absolute atomic E-state index is 13.3. The number of aliphatic hydroxyl groups is 1. The van der Waals surface area contributed by atoms with Gasteiger partial charge in [0.2, 0.25) is 0 Å². The van der Waals surface area contributed by atoms with Gasteiger partial charge in [0.05, 0.1) is 17.1 Å². The normalized spacial score (nSPS) is 19.4. The smallest absolute Gasteiger partial charge is 0.268 e. The fraction of sp³-hybridized carbons (Fsp3) is 0.524. The molecule has 5 heteroatoms. The third-order valence-electron chi connectivity index (χ3n) is 5.40. The van der Waals surface area contributed by atoms with Gasteiger partial charge in [-0.15, -0.1) is 11.8 Å². The third-order valence-corrected chi connectivity index (χ3v) is 6.45. The zero-order chi connectivity index (χ0) is 18.7. The Balaban J connectivity index is 1.99. The maximum Gasteiger partial charge on any atom is 0.268 e. The molecule has 1 fully saturated rings. The van der Waals surface area contributed by atoms with Gasteiger partial charge in [-0.3, -0.25) is 14.5 Å². The van der Waals surface area contributed by atoms with Crippen LogP contribution in [0.4, 0.5) is 0 Å². The van der Waals surface area contributed by atoms with Crippen molar-refractivity contribution in [2.45, 2.75) is 58.4 Å². The molecule has 1 aromatic carbocycles. The number of carbonyl (C=O) groups excluding carboxylic acids is 2. The number of carbonyl (C=O) groups is 2. The zero-order valence-corrected chi connectivity index (χ0v) is 16.4. The van der Waals surface area contributed by atoms with Crippen LogP contribution >= 0.6 is 11.8 Å². The molecule has 0 bridgehead atoms. The molecule has 140 valence electrons. The van der Waals surface area contributed by atoms with Gasteiger partial charge in [-0.1, -0.05) is 43.9 Å². The number of hydrogen-bond donors (Lipinski definition) is 1. The predicted molar refractivity (Wildman–Crippen MR) is 106 cm³/mol. The number of aryl methyl sites for hydroxylation is 2. The molecule has 4 nitrogen and oxygen atoms in total. The van der Waals surface area contributed by atoms with Gasteiger partial charge in [-0.2, -0.15) is 0 Å². The second kappa shape index (κ2) is 8.40. The molecule has 0 radical (unpaired) electrons. The standard InChI is InChI=1S/C21H27NO3S/c1-14-9-10-16(13-15(14)2)18-19(26-12-11-23)21(25)22(20(18)24)17-7-5-3-4-6-8-17/h9-10,13,17,23H,3-8,11-12H2,1-2H3. The van der Waals surface area contributed by atoms with E-state index in [1.807, 2.05) is 32.0 Å². The molecular weight excluding hydrogens is 346 g/mol. The average molecular weight is 374 g/mol. The molecule has 0 unspecified atom stereocenters. The summed E-state index contributed by atoms with van der Waals surface area (Å²) < 4.78 is 0. The van der Waals surface area contributed by atoms with E-state index < -0.39 is 0 Å². The van der Waals surface area contributed by atoms with Crippen LogP contribution in [0.5, 0.6) is 0 Å². The van der Waals surface area contributed by atoms with Crippen molar-refractivity contribution in [3.05, 3.63) is 39.8 Å². The SMILES string of the molecule is Cc1ccc(C2=C(SCCO)C(=O)N(C3CCCCCC3)C2=O)cc1C. The predicted octanol–water partition coefficient (Wildman–Crippen LogP) is 3.83. The number of benzene rings is 1. The Morgan fingerprint density at radius 3 is 2.35 bits per heavy atom. The van der Waals surface area contributed by atoms with Gasteiger partial charge >= 0.3 is 0 Å². The molecule has 26 heavy (non-hydrogen) atoms. The van der Waals surface area contributed by atoms with E-state index in [-0.39, 0.29) is 24.5 Å². The monoisotopic (exact) mass is 373 g/mol. The summed E-state index contributed by atoms with van der Waals surface area (Å²) >= 11 is 1.30. The van der Waals surface area contributed by atoms with Crippen LogP contribution in [0.25, 0.3) is 5.57 Å². The van der Waals surface area contributed by atoms with Gasteiger partial charge in [0.25, 0.3) is 11.8 Å². The highest BCUT2D eigenvalue weighted by Gasteiger charge is 2.42. The van der Waals surface area contributed by atoms with Crippen LogP contribution in [0.3, 0.4) is 0 Å². The first-order valence-corrected chi connectivity index (χ1v) is 10.5. The van der Waals surface area contributed by atoms with Crippen molar-refractivity contribution in [2.75, 3.05) is 12.4 Å². The van der Waals surface area contributed by atoms with E-state index in [2.05, 4.69) is 0 Å². The summed E-state index contributed by atoms with van der Waals surface area (Å²) in [5.41, 5.74) is 3.59. The summed E-state index contributed by atoms with van der Waals surface area (Å²) in [6.07, 6.45) is 6.29. The van der Waals surface area contributed by atoms with Gasteiger partial charge < -0.3 is 5.11 Å². The number of aliphatic hydroxyl groups excluding tert-OH is 1. The lowest BCUT2D eigenvalue weighted by molar-refractivity contribution is -0.139. The first-order chi connectivity index (χ1) is 12.5. The molecule has 2 amide bonds. The Morgan fingerprint density at radius 1 is 1.04 bits per heavy atom. The van der Waals surface area contributed by atoms with Crippen molar-refractivity contribution >= 4 is 29.1 Å². The lowest BCUT2D eigenvalue weighted by atomic mass is 10.00. The zero-order valence-electron chi connectivity index (χ0n) is 15.6. The Bertz CT molecular complexity index is 733. The number of nitrogens with zero attached hydrogens (tertiary/aromatic N) is 1. The topological polar surface area (TPSA) is 57.6 Å². The summed E-state index contributed by atoms with van der Waals surface area (Å²) in [4.78, 5) is 28.4. The summed E-state index contributed by atoms with van der Waals surface area (Å²) in [5.74, 6) is 0.0838. The first-order valence-electron chi connectivity index (χ1n) is 9.48. The minimum atomic E-state index is -0.173. The summed E-state index contributed by atoms with van der Waals surface area (Å²) in [7, 11) is 0. The van der Waals surface area contributed by atoms with E-state index >= 15 is 0 Å². The molecule has 1 aliphatic carbocycles. The molecule has 1 N–H and O–H groups in total. The van der Waals surface area contributed by atoms with Gasteiger partial charge in [-0.25, -0.2) is 0 Å². The summed E-state index contributed by atoms with van der Waals surface area (Å²) in [5, 5.41) is 9.21. The fourth-order valence-corrected chi connectivity index (χ4v) is 4.67. The number of rotatable bonds is 5. The molecule has 1 aromatic rings. The Labute approximate surface area is 159 Å². The van der Waals surface area contributed by atoms with Crippen molar-refractivity contribution in [3.8, 4) is 0 Å². The second-order valence-corrected chi connectivity index (χ2v) is 8.31. The quantitative estimate of drug-likeness (QED) is 0.629. The van der Waals surface area contributed by atoms with Gasteiger partial charge in [-0.05, 0) is 43.4 Å². The minimum Gasteiger partial charge on any atom is -0.396 e. The second-order valence-electron chi connectivity index (χ2n) is 7.20. The van der Waals surface area contributed by atoms with Crippen LogP contribution in [0.1, 0.15) is 55.2 Å². The van der Waals surface area contributed by atoms with E-state index in [1.54, 1.807) is 0 Å². The van der Waals surface area contributed by atoms with E-state index in [1.165, 1.54) is 29.5 Å². The van der Waals surface area contributed by atoms with Crippen LogP contribution in [0, 0.1) is 13.8 Å². The van der Waals surface area contributed by atoms with Crippen LogP contribution in [-0.2, 0) is 9.59 Å². The van der Waals surface area contributed by atoms with Crippen molar-refractivity contribution in [3.63, 3.8) is 0 Å². The van der Waals surface area contributed by atoms with Crippen molar-refractivity contribution in [1.82, 2.24) is 4.90 Å².